The second kappa shape index (κ2) is 6.99. The maximum atomic E-state index is 12.6. The predicted octanol–water partition coefficient (Wildman–Crippen LogP) is 2.38. The molecule has 4 aliphatic rings. The van der Waals surface area contributed by atoms with Crippen LogP contribution in [0.2, 0.25) is 0 Å². The van der Waals surface area contributed by atoms with E-state index in [9.17, 15) is 9.59 Å². The molecule has 0 aromatic heterocycles. The molecule has 4 saturated heterocycles. The quantitative estimate of drug-likeness (QED) is 0.693. The summed E-state index contributed by atoms with van der Waals surface area (Å²) >= 11 is 0. The summed E-state index contributed by atoms with van der Waals surface area (Å²) < 4.78 is 11.5. The van der Waals surface area contributed by atoms with Gasteiger partial charge in [-0.25, -0.2) is 9.59 Å². The van der Waals surface area contributed by atoms with E-state index in [4.69, 9.17) is 9.47 Å². The summed E-state index contributed by atoms with van der Waals surface area (Å²) in [6.45, 7) is 16.6. The van der Waals surface area contributed by atoms with E-state index < -0.39 is 0 Å². The van der Waals surface area contributed by atoms with Gasteiger partial charge in [-0.3, -0.25) is 9.80 Å². The summed E-state index contributed by atoms with van der Waals surface area (Å²) in [5.41, 5.74) is -0.567. The lowest BCUT2D eigenvalue weighted by atomic mass is 9.85. The molecule has 30 heavy (non-hydrogen) atoms. The molecule has 2 amide bonds. The first-order valence-corrected chi connectivity index (χ1v) is 11.3. The lowest BCUT2D eigenvalue weighted by Crippen LogP contribution is -2.69. The van der Waals surface area contributed by atoms with E-state index in [2.05, 4.69) is 44.4 Å². The molecular weight excluding hydrogens is 384 g/mol. The fourth-order valence-electron chi connectivity index (χ4n) is 5.31. The van der Waals surface area contributed by atoms with Crippen molar-refractivity contribution in [1.82, 2.24) is 19.6 Å². The van der Waals surface area contributed by atoms with Crippen molar-refractivity contribution < 1.29 is 19.1 Å². The van der Waals surface area contributed by atoms with Crippen molar-refractivity contribution in [3.05, 3.63) is 0 Å². The van der Waals surface area contributed by atoms with Crippen LogP contribution in [0.4, 0.5) is 9.59 Å². The summed E-state index contributed by atoms with van der Waals surface area (Å²) in [6, 6.07) is 0. The number of nitrogens with zero attached hydrogens (tertiary/aromatic N) is 4. The molecule has 0 radical (unpaired) electrons. The van der Waals surface area contributed by atoms with Gasteiger partial charge < -0.3 is 19.3 Å². The van der Waals surface area contributed by atoms with Crippen LogP contribution in [-0.2, 0) is 9.47 Å². The van der Waals surface area contributed by atoms with E-state index in [1.807, 2.05) is 4.90 Å². The van der Waals surface area contributed by atoms with Crippen LogP contribution in [0.15, 0.2) is 0 Å². The summed E-state index contributed by atoms with van der Waals surface area (Å²) in [4.78, 5) is 32.7. The zero-order valence-electron chi connectivity index (χ0n) is 19.5. The van der Waals surface area contributed by atoms with Gasteiger partial charge in [-0.1, -0.05) is 0 Å². The van der Waals surface area contributed by atoms with Crippen molar-refractivity contribution >= 4 is 12.2 Å². The van der Waals surface area contributed by atoms with E-state index in [0.717, 1.165) is 45.4 Å². The molecule has 0 unspecified atom stereocenters. The average Bonchev–Trinajstić information content (AvgIpc) is 3.08. The normalized spacial score (nSPS) is 27.0. The van der Waals surface area contributed by atoms with Crippen LogP contribution >= 0.6 is 0 Å². The van der Waals surface area contributed by atoms with Crippen molar-refractivity contribution in [1.29, 1.82) is 0 Å². The summed E-state index contributed by atoms with van der Waals surface area (Å²) in [6.07, 6.45) is 2.29. The Morgan fingerprint density at radius 1 is 0.833 bits per heavy atom. The highest BCUT2D eigenvalue weighted by Crippen LogP contribution is 2.39. The topological polar surface area (TPSA) is 65.6 Å². The number of piperidine rings is 1. The first-order valence-electron chi connectivity index (χ1n) is 11.3. The standard InChI is InChI=1S/C22H38N4O4/c1-19(2,3)25-11-8-21(9-12-25)14-24(18(28)30-21)10-7-20(4,5)26-15-22(16-26)13-23(6)17(27)29-22/h7-16H2,1-6H3. The third kappa shape index (κ3) is 3.88. The number of ether oxygens (including phenoxy) is 2. The second-order valence-electron chi connectivity index (χ2n) is 11.5. The third-order valence-corrected chi connectivity index (χ3v) is 7.61. The van der Waals surface area contributed by atoms with Gasteiger partial charge in [0.15, 0.2) is 5.60 Å². The molecule has 4 aliphatic heterocycles. The molecule has 170 valence electrons. The minimum Gasteiger partial charge on any atom is -0.441 e. The molecule has 0 aliphatic carbocycles. The van der Waals surface area contributed by atoms with Gasteiger partial charge >= 0.3 is 12.2 Å². The second-order valence-corrected chi connectivity index (χ2v) is 11.5. The van der Waals surface area contributed by atoms with E-state index in [-0.39, 0.29) is 34.5 Å². The van der Waals surface area contributed by atoms with E-state index in [0.29, 0.717) is 19.6 Å². The molecule has 0 atom stereocenters. The Labute approximate surface area is 180 Å². The highest BCUT2D eigenvalue weighted by Gasteiger charge is 2.56. The Balaban J connectivity index is 1.27. The van der Waals surface area contributed by atoms with Gasteiger partial charge in [0.1, 0.15) is 5.60 Å². The van der Waals surface area contributed by atoms with Gasteiger partial charge in [0.25, 0.3) is 0 Å². The lowest BCUT2D eigenvalue weighted by molar-refractivity contribution is -0.117. The number of hydrogen-bond donors (Lipinski definition) is 0. The van der Waals surface area contributed by atoms with Crippen molar-refractivity contribution in [2.24, 2.45) is 0 Å². The van der Waals surface area contributed by atoms with E-state index in [1.165, 1.54) is 0 Å². The fourth-order valence-corrected chi connectivity index (χ4v) is 5.31. The molecule has 4 heterocycles. The Hall–Kier alpha value is -1.54. The molecule has 0 aromatic rings. The Morgan fingerprint density at radius 3 is 1.97 bits per heavy atom. The van der Waals surface area contributed by atoms with Crippen LogP contribution in [0, 0.1) is 0 Å². The SMILES string of the molecule is CN1CC2(CN(C(C)(C)CCN3CC4(CCN(C(C)(C)C)CC4)OC3=O)C2)OC1=O. The highest BCUT2D eigenvalue weighted by molar-refractivity contribution is 5.71. The van der Waals surface area contributed by atoms with Gasteiger partial charge in [-0.05, 0) is 41.0 Å². The summed E-state index contributed by atoms with van der Waals surface area (Å²) in [5.74, 6) is 0. The van der Waals surface area contributed by atoms with Gasteiger partial charge in [0.05, 0.1) is 13.1 Å². The molecule has 4 rings (SSSR count). The van der Waals surface area contributed by atoms with E-state index >= 15 is 0 Å². The Morgan fingerprint density at radius 2 is 1.43 bits per heavy atom. The largest absolute Gasteiger partial charge is 0.441 e. The van der Waals surface area contributed by atoms with Crippen LogP contribution < -0.4 is 0 Å². The van der Waals surface area contributed by atoms with Gasteiger partial charge in [-0.2, -0.15) is 0 Å². The molecule has 4 fully saturated rings. The van der Waals surface area contributed by atoms with E-state index in [1.54, 1.807) is 11.9 Å². The van der Waals surface area contributed by atoms with Crippen LogP contribution in [0.25, 0.3) is 0 Å². The van der Waals surface area contributed by atoms with Gasteiger partial charge in [0.2, 0.25) is 0 Å². The molecule has 0 saturated carbocycles. The number of likely N-dealkylation sites (tertiary alicyclic amines) is 2. The Bertz CT molecular complexity index is 702. The van der Waals surface area contributed by atoms with Gasteiger partial charge in [0, 0.05) is 63.7 Å². The smallest absolute Gasteiger partial charge is 0.410 e. The van der Waals surface area contributed by atoms with Gasteiger partial charge in [-0.15, -0.1) is 0 Å². The van der Waals surface area contributed by atoms with Crippen molar-refractivity contribution in [3.63, 3.8) is 0 Å². The first kappa shape index (κ1) is 21.7. The predicted molar refractivity (Wildman–Crippen MR) is 113 cm³/mol. The zero-order chi connectivity index (χ0) is 21.9. The minimum absolute atomic E-state index is 0.0650. The molecule has 0 N–H and O–H groups in total. The Kier molecular flexibility index (Phi) is 5.05. The number of carbonyl (C=O) groups excluding carboxylic acids is 2. The monoisotopic (exact) mass is 422 g/mol. The van der Waals surface area contributed by atoms with Crippen LogP contribution in [0.1, 0.15) is 53.9 Å². The summed E-state index contributed by atoms with van der Waals surface area (Å²) in [5, 5.41) is 0. The maximum Gasteiger partial charge on any atom is 0.410 e. The van der Waals surface area contributed by atoms with Crippen molar-refractivity contribution in [3.8, 4) is 0 Å². The molecule has 8 nitrogen and oxygen atoms in total. The highest BCUT2D eigenvalue weighted by atomic mass is 16.6. The van der Waals surface area contributed by atoms with Crippen LogP contribution in [-0.4, -0.2) is 107 Å². The molecular formula is C22H38N4O4. The molecule has 0 bridgehead atoms. The minimum atomic E-state index is -0.346. The number of carbonyl (C=O) groups is 2. The van der Waals surface area contributed by atoms with Crippen LogP contribution in [0.3, 0.4) is 0 Å². The number of rotatable bonds is 4. The summed E-state index contributed by atoms with van der Waals surface area (Å²) in [7, 11) is 1.78. The van der Waals surface area contributed by atoms with Crippen LogP contribution in [0.5, 0.6) is 0 Å². The molecule has 2 spiro atoms. The number of hydrogen-bond acceptors (Lipinski definition) is 6. The lowest BCUT2D eigenvalue weighted by Gasteiger charge is -2.53. The average molecular weight is 423 g/mol. The zero-order valence-corrected chi connectivity index (χ0v) is 19.5. The number of likely N-dealkylation sites (N-methyl/N-ethyl adjacent to an activating group) is 1. The van der Waals surface area contributed by atoms with Crippen molar-refractivity contribution in [2.75, 3.05) is 52.9 Å². The van der Waals surface area contributed by atoms with Crippen molar-refractivity contribution in [2.45, 2.75) is 76.2 Å². The molecule has 8 heteroatoms. The first-order chi connectivity index (χ1) is 13.8. The maximum absolute atomic E-state index is 12.6. The number of amides is 2. The third-order valence-electron chi connectivity index (χ3n) is 7.61. The fraction of sp³-hybridized carbons (Fsp3) is 0.909. The molecule has 0 aromatic carbocycles.